The molecular weight excluding hydrogens is 400 g/mol. The first-order valence-electron chi connectivity index (χ1n) is 9.45. The number of H-pyrrole nitrogens is 1. The summed E-state index contributed by atoms with van der Waals surface area (Å²) in [5.74, 6) is 1.47. The van der Waals surface area contributed by atoms with E-state index in [0.29, 0.717) is 28.6 Å². The first-order valence-corrected chi connectivity index (χ1v) is 9.83. The molecule has 0 saturated heterocycles. The van der Waals surface area contributed by atoms with Crippen molar-refractivity contribution in [2.75, 3.05) is 7.11 Å². The summed E-state index contributed by atoms with van der Waals surface area (Å²) < 4.78 is 11.0. The average molecular weight is 421 g/mol. The fourth-order valence-electron chi connectivity index (χ4n) is 3.28. The molecule has 3 aromatic carbocycles. The molecule has 0 aliphatic heterocycles. The van der Waals surface area contributed by atoms with Crippen LogP contribution in [-0.4, -0.2) is 22.4 Å². The molecule has 4 aromatic rings. The Morgan fingerprint density at radius 2 is 1.67 bits per heavy atom. The number of hydrogen-bond acceptors (Lipinski definition) is 4. The minimum absolute atomic E-state index is 0.101. The molecule has 0 spiro atoms. The molecule has 0 aliphatic carbocycles. The highest BCUT2D eigenvalue weighted by atomic mass is 35.5. The summed E-state index contributed by atoms with van der Waals surface area (Å²) >= 11 is 6.02. The maximum absolute atomic E-state index is 10.7. The second-order valence-corrected chi connectivity index (χ2v) is 7.33. The number of aromatic nitrogens is 2. The van der Waals surface area contributed by atoms with Gasteiger partial charge < -0.3 is 14.6 Å². The normalized spacial score (nSPS) is 10.8. The number of halogens is 1. The second-order valence-electron chi connectivity index (χ2n) is 6.89. The Balaban J connectivity index is 1.57. The zero-order valence-electron chi connectivity index (χ0n) is 16.6. The summed E-state index contributed by atoms with van der Waals surface area (Å²) in [5, 5.41) is 18.8. The van der Waals surface area contributed by atoms with Crippen LogP contribution >= 0.6 is 11.6 Å². The van der Waals surface area contributed by atoms with E-state index in [1.54, 1.807) is 13.2 Å². The Morgan fingerprint density at radius 1 is 0.967 bits per heavy atom. The van der Waals surface area contributed by atoms with E-state index in [1.807, 2.05) is 67.6 Å². The molecule has 0 radical (unpaired) electrons. The van der Waals surface area contributed by atoms with E-state index in [9.17, 15) is 5.11 Å². The van der Waals surface area contributed by atoms with E-state index in [2.05, 4.69) is 10.2 Å². The molecule has 6 heteroatoms. The molecule has 1 heterocycles. The lowest BCUT2D eigenvalue weighted by Gasteiger charge is -2.10. The predicted octanol–water partition coefficient (Wildman–Crippen LogP) is 6.00. The third kappa shape index (κ3) is 4.11. The first-order chi connectivity index (χ1) is 14.5. The summed E-state index contributed by atoms with van der Waals surface area (Å²) in [4.78, 5) is 0. The number of benzene rings is 3. The molecule has 0 amide bonds. The number of ether oxygens (including phenoxy) is 2. The van der Waals surface area contributed by atoms with Gasteiger partial charge in [0.2, 0.25) is 0 Å². The molecule has 0 atom stereocenters. The van der Waals surface area contributed by atoms with Gasteiger partial charge in [-0.05, 0) is 54.4 Å². The highest BCUT2D eigenvalue weighted by molar-refractivity contribution is 6.30. The molecule has 0 fully saturated rings. The number of hydrogen-bond donors (Lipinski definition) is 2. The van der Waals surface area contributed by atoms with Gasteiger partial charge >= 0.3 is 0 Å². The Labute approximate surface area is 179 Å². The third-order valence-electron chi connectivity index (χ3n) is 4.87. The number of aromatic hydroxyl groups is 1. The Hall–Kier alpha value is -3.44. The maximum atomic E-state index is 10.7. The van der Waals surface area contributed by atoms with Crippen LogP contribution in [-0.2, 0) is 6.61 Å². The van der Waals surface area contributed by atoms with Gasteiger partial charge in [-0.2, -0.15) is 5.10 Å². The standard InChI is InChI=1S/C24H21ClN2O3/c1-15-23(17-5-7-18(25)8-6-17)24(27-26-15)21-12-11-20(13-22(21)28)30-14-16-3-9-19(29-2)10-4-16/h3-13,28H,14H2,1-2H3,(H,26,27). The van der Waals surface area contributed by atoms with Crippen molar-refractivity contribution in [2.45, 2.75) is 13.5 Å². The molecule has 4 rings (SSSR count). The number of aryl methyl sites for hydroxylation is 1. The van der Waals surface area contributed by atoms with Crippen molar-refractivity contribution in [1.29, 1.82) is 0 Å². The van der Waals surface area contributed by atoms with Crippen LogP contribution in [0.5, 0.6) is 17.2 Å². The smallest absolute Gasteiger partial charge is 0.128 e. The van der Waals surface area contributed by atoms with Crippen LogP contribution in [0.2, 0.25) is 5.02 Å². The van der Waals surface area contributed by atoms with Crippen LogP contribution in [0.4, 0.5) is 0 Å². The number of methoxy groups -OCH3 is 1. The van der Waals surface area contributed by atoms with Crippen LogP contribution in [0.1, 0.15) is 11.3 Å². The second kappa shape index (κ2) is 8.51. The number of nitrogens with zero attached hydrogens (tertiary/aromatic N) is 1. The van der Waals surface area contributed by atoms with Crippen molar-refractivity contribution >= 4 is 11.6 Å². The third-order valence-corrected chi connectivity index (χ3v) is 5.12. The van der Waals surface area contributed by atoms with E-state index < -0.39 is 0 Å². The minimum atomic E-state index is 0.101. The van der Waals surface area contributed by atoms with Crippen LogP contribution in [0.3, 0.4) is 0 Å². The van der Waals surface area contributed by atoms with Gasteiger partial charge in [-0.15, -0.1) is 0 Å². The van der Waals surface area contributed by atoms with Crippen molar-refractivity contribution in [3.8, 4) is 39.6 Å². The summed E-state index contributed by atoms with van der Waals surface area (Å²) in [6, 6.07) is 20.5. The molecule has 0 saturated carbocycles. The van der Waals surface area contributed by atoms with Crippen LogP contribution in [0.25, 0.3) is 22.4 Å². The van der Waals surface area contributed by atoms with Crippen molar-refractivity contribution < 1.29 is 14.6 Å². The topological polar surface area (TPSA) is 67.4 Å². The highest BCUT2D eigenvalue weighted by Gasteiger charge is 2.17. The van der Waals surface area contributed by atoms with Gasteiger partial charge in [-0.1, -0.05) is 35.9 Å². The van der Waals surface area contributed by atoms with E-state index in [0.717, 1.165) is 28.1 Å². The van der Waals surface area contributed by atoms with Gasteiger partial charge in [0.25, 0.3) is 0 Å². The van der Waals surface area contributed by atoms with Gasteiger partial charge in [0.05, 0.1) is 7.11 Å². The Kier molecular flexibility index (Phi) is 5.63. The fraction of sp³-hybridized carbons (Fsp3) is 0.125. The van der Waals surface area contributed by atoms with Crippen LogP contribution in [0, 0.1) is 6.92 Å². The summed E-state index contributed by atoms with van der Waals surface area (Å²) in [6.07, 6.45) is 0. The molecule has 0 bridgehead atoms. The van der Waals surface area contributed by atoms with E-state index in [4.69, 9.17) is 21.1 Å². The number of aromatic amines is 1. The molecule has 152 valence electrons. The molecule has 0 unspecified atom stereocenters. The lowest BCUT2D eigenvalue weighted by atomic mass is 9.99. The fourth-order valence-corrected chi connectivity index (χ4v) is 3.41. The monoisotopic (exact) mass is 420 g/mol. The van der Waals surface area contributed by atoms with Gasteiger partial charge in [0, 0.05) is 27.9 Å². The van der Waals surface area contributed by atoms with Gasteiger partial charge in [0.1, 0.15) is 29.5 Å². The van der Waals surface area contributed by atoms with Crippen molar-refractivity contribution in [2.24, 2.45) is 0 Å². The average Bonchev–Trinajstić information content (AvgIpc) is 3.14. The van der Waals surface area contributed by atoms with Gasteiger partial charge in [-0.25, -0.2) is 0 Å². The van der Waals surface area contributed by atoms with Crippen molar-refractivity contribution in [1.82, 2.24) is 10.2 Å². The van der Waals surface area contributed by atoms with Crippen molar-refractivity contribution in [3.63, 3.8) is 0 Å². The van der Waals surface area contributed by atoms with E-state index in [1.165, 1.54) is 0 Å². The number of phenolic OH excluding ortho intramolecular Hbond substituents is 1. The summed E-state index contributed by atoms with van der Waals surface area (Å²) in [5.41, 5.74) is 5.11. The number of rotatable bonds is 6. The first kappa shape index (κ1) is 19.9. The Bertz CT molecular complexity index is 1150. The number of phenols is 1. The van der Waals surface area contributed by atoms with Gasteiger partial charge in [0.15, 0.2) is 0 Å². The SMILES string of the molecule is COc1ccc(COc2ccc(-c3n[nH]c(C)c3-c3ccc(Cl)cc3)c(O)c2)cc1. The van der Waals surface area contributed by atoms with Crippen LogP contribution in [0.15, 0.2) is 66.7 Å². The zero-order chi connectivity index (χ0) is 21.1. The molecular formula is C24H21ClN2O3. The summed E-state index contributed by atoms with van der Waals surface area (Å²) in [6.45, 7) is 2.34. The lowest BCUT2D eigenvalue weighted by molar-refractivity contribution is 0.304. The molecule has 0 aliphatic rings. The lowest BCUT2D eigenvalue weighted by Crippen LogP contribution is -1.96. The minimum Gasteiger partial charge on any atom is -0.507 e. The maximum Gasteiger partial charge on any atom is 0.128 e. The molecule has 30 heavy (non-hydrogen) atoms. The molecule has 5 nitrogen and oxygen atoms in total. The predicted molar refractivity (Wildman–Crippen MR) is 118 cm³/mol. The van der Waals surface area contributed by atoms with E-state index in [-0.39, 0.29) is 5.75 Å². The molecule has 1 aromatic heterocycles. The van der Waals surface area contributed by atoms with E-state index >= 15 is 0 Å². The Morgan fingerprint density at radius 3 is 2.33 bits per heavy atom. The van der Waals surface area contributed by atoms with Crippen molar-refractivity contribution in [3.05, 3.63) is 83.0 Å². The largest absolute Gasteiger partial charge is 0.507 e. The van der Waals surface area contributed by atoms with Crippen LogP contribution < -0.4 is 9.47 Å². The summed E-state index contributed by atoms with van der Waals surface area (Å²) in [7, 11) is 1.63. The zero-order valence-corrected chi connectivity index (χ0v) is 17.4. The van der Waals surface area contributed by atoms with Gasteiger partial charge in [-0.3, -0.25) is 5.10 Å². The number of nitrogens with one attached hydrogen (secondary N) is 1. The quantitative estimate of drug-likeness (QED) is 0.401. The highest BCUT2D eigenvalue weighted by Crippen LogP contribution is 2.39. The molecule has 2 N–H and O–H groups in total.